The summed E-state index contributed by atoms with van der Waals surface area (Å²) in [5.41, 5.74) is 5.09. The summed E-state index contributed by atoms with van der Waals surface area (Å²) in [6, 6.07) is 20.9. The van der Waals surface area contributed by atoms with Gasteiger partial charge in [-0.3, -0.25) is 14.5 Å². The highest BCUT2D eigenvalue weighted by Crippen LogP contribution is 2.38. The maximum atomic E-state index is 14.1. The summed E-state index contributed by atoms with van der Waals surface area (Å²) in [6.07, 6.45) is -3.51. The van der Waals surface area contributed by atoms with Crippen LogP contribution in [0, 0.1) is 0 Å². The standard InChI is InChI=1S/C28H21F3N4O3/c29-28(30,31)24(19-10-3-1-4-11-19)35(27(32)38)26(37)21-13-9-12-20(18-21)25(36)34(22-14-5-2-6-15-22)23-16-7-8-17-33-23/h1-18,24H,(H2,32,38). The Kier molecular flexibility index (Phi) is 7.52. The lowest BCUT2D eigenvalue weighted by atomic mass is 10.0. The average Bonchev–Trinajstić information content (AvgIpc) is 2.92. The fourth-order valence-electron chi connectivity index (χ4n) is 3.93. The van der Waals surface area contributed by atoms with E-state index in [0.717, 1.165) is 18.2 Å². The van der Waals surface area contributed by atoms with Gasteiger partial charge in [0.15, 0.2) is 6.04 Å². The molecule has 0 bridgehead atoms. The van der Waals surface area contributed by atoms with Crippen molar-refractivity contribution in [3.8, 4) is 0 Å². The molecule has 7 nitrogen and oxygen atoms in total. The molecule has 1 unspecified atom stereocenters. The minimum Gasteiger partial charge on any atom is -0.351 e. The van der Waals surface area contributed by atoms with Gasteiger partial charge in [0.2, 0.25) is 0 Å². The molecule has 0 aliphatic rings. The van der Waals surface area contributed by atoms with Gasteiger partial charge in [-0.2, -0.15) is 13.2 Å². The number of aromatic nitrogens is 1. The Balaban J connectivity index is 1.75. The van der Waals surface area contributed by atoms with Crippen molar-refractivity contribution in [2.45, 2.75) is 12.2 Å². The Morgan fingerprint density at radius 2 is 1.32 bits per heavy atom. The van der Waals surface area contributed by atoms with Gasteiger partial charge < -0.3 is 5.73 Å². The van der Waals surface area contributed by atoms with Crippen LogP contribution in [-0.2, 0) is 0 Å². The van der Waals surface area contributed by atoms with Crippen LogP contribution in [0.3, 0.4) is 0 Å². The molecule has 0 saturated heterocycles. The molecule has 4 aromatic rings. The van der Waals surface area contributed by atoms with E-state index in [0.29, 0.717) is 11.5 Å². The molecular formula is C28H21F3N4O3. The predicted molar refractivity (Wildman–Crippen MR) is 135 cm³/mol. The van der Waals surface area contributed by atoms with Gasteiger partial charge in [0.25, 0.3) is 11.8 Å². The van der Waals surface area contributed by atoms with Crippen LogP contribution in [0.2, 0.25) is 0 Å². The number of nitrogens with zero attached hydrogens (tertiary/aromatic N) is 3. The van der Waals surface area contributed by atoms with Crippen LogP contribution in [0.1, 0.15) is 32.3 Å². The minimum atomic E-state index is -5.01. The molecule has 0 aliphatic heterocycles. The summed E-state index contributed by atoms with van der Waals surface area (Å²) >= 11 is 0. The van der Waals surface area contributed by atoms with Gasteiger partial charge in [0, 0.05) is 17.3 Å². The van der Waals surface area contributed by atoms with Gasteiger partial charge in [0.05, 0.1) is 5.69 Å². The minimum absolute atomic E-state index is 0.0157. The summed E-state index contributed by atoms with van der Waals surface area (Å²) in [7, 11) is 0. The molecule has 4 rings (SSSR count). The van der Waals surface area contributed by atoms with Crippen LogP contribution < -0.4 is 10.6 Å². The lowest BCUT2D eigenvalue weighted by Gasteiger charge is -2.30. The molecule has 0 fully saturated rings. The van der Waals surface area contributed by atoms with Crippen molar-refractivity contribution >= 4 is 29.4 Å². The lowest BCUT2D eigenvalue weighted by molar-refractivity contribution is -0.172. The SMILES string of the molecule is NC(=O)N(C(=O)c1cccc(C(=O)N(c2ccccc2)c2ccccn2)c1)C(c1ccccc1)C(F)(F)F. The van der Waals surface area contributed by atoms with Gasteiger partial charge in [-0.1, -0.05) is 60.7 Å². The van der Waals surface area contributed by atoms with E-state index in [-0.39, 0.29) is 21.6 Å². The molecule has 0 radical (unpaired) electrons. The van der Waals surface area contributed by atoms with Gasteiger partial charge in [-0.25, -0.2) is 14.7 Å². The van der Waals surface area contributed by atoms with Crippen LogP contribution in [0.25, 0.3) is 0 Å². The highest BCUT2D eigenvalue weighted by molar-refractivity contribution is 6.12. The summed E-state index contributed by atoms with van der Waals surface area (Å²) in [4.78, 5) is 44.7. The third-order valence-corrected chi connectivity index (χ3v) is 5.59. The molecule has 1 aromatic heterocycles. The molecule has 0 aliphatic carbocycles. The van der Waals surface area contributed by atoms with Gasteiger partial charge in [-0.15, -0.1) is 0 Å². The number of hydrogen-bond acceptors (Lipinski definition) is 4. The first-order valence-electron chi connectivity index (χ1n) is 11.3. The number of carbonyl (C=O) groups excluding carboxylic acids is 3. The first kappa shape index (κ1) is 26.1. The second kappa shape index (κ2) is 11.0. The summed E-state index contributed by atoms with van der Waals surface area (Å²) in [5.74, 6) is -1.60. The van der Waals surface area contributed by atoms with E-state index in [1.165, 1.54) is 47.5 Å². The van der Waals surface area contributed by atoms with Crippen molar-refractivity contribution in [1.29, 1.82) is 0 Å². The van der Waals surface area contributed by atoms with Crippen LogP contribution in [-0.4, -0.2) is 33.9 Å². The third kappa shape index (κ3) is 5.54. The van der Waals surface area contributed by atoms with E-state index >= 15 is 0 Å². The second-order valence-electron chi connectivity index (χ2n) is 8.11. The normalized spacial score (nSPS) is 11.9. The molecule has 2 N–H and O–H groups in total. The maximum Gasteiger partial charge on any atom is 0.413 e. The maximum absolute atomic E-state index is 14.1. The van der Waals surface area contributed by atoms with Crippen LogP contribution in [0.5, 0.6) is 0 Å². The number of urea groups is 1. The number of pyridine rings is 1. The van der Waals surface area contributed by atoms with Gasteiger partial charge in [0.1, 0.15) is 5.82 Å². The van der Waals surface area contributed by atoms with Crippen LogP contribution >= 0.6 is 0 Å². The van der Waals surface area contributed by atoms with E-state index in [4.69, 9.17) is 5.73 Å². The summed E-state index contributed by atoms with van der Waals surface area (Å²) in [6.45, 7) is 0. The monoisotopic (exact) mass is 518 g/mol. The number of amides is 4. The van der Waals surface area contributed by atoms with E-state index in [1.54, 1.807) is 48.5 Å². The van der Waals surface area contributed by atoms with Gasteiger partial charge in [-0.05, 0) is 48.0 Å². The smallest absolute Gasteiger partial charge is 0.351 e. The number of nitrogens with two attached hydrogens (primary N) is 1. The Hall–Kier alpha value is -4.99. The number of benzene rings is 3. The predicted octanol–water partition coefficient (Wildman–Crippen LogP) is 5.88. The van der Waals surface area contributed by atoms with Crippen molar-refractivity contribution in [3.63, 3.8) is 0 Å². The van der Waals surface area contributed by atoms with Crippen LogP contribution in [0.15, 0.2) is 109 Å². The number of anilines is 2. The number of rotatable bonds is 6. The quantitative estimate of drug-likeness (QED) is 0.345. The number of halogens is 3. The topological polar surface area (TPSA) is 96.6 Å². The van der Waals surface area contributed by atoms with E-state index < -0.39 is 30.1 Å². The molecule has 38 heavy (non-hydrogen) atoms. The highest BCUT2D eigenvalue weighted by atomic mass is 19.4. The number of alkyl halides is 3. The Bertz CT molecular complexity index is 1390. The van der Waals surface area contributed by atoms with Gasteiger partial charge >= 0.3 is 12.2 Å². The van der Waals surface area contributed by atoms with E-state index in [9.17, 15) is 27.6 Å². The van der Waals surface area contributed by atoms with Crippen LogP contribution in [0.4, 0.5) is 29.5 Å². The van der Waals surface area contributed by atoms with E-state index in [2.05, 4.69) is 4.98 Å². The first-order valence-corrected chi connectivity index (χ1v) is 11.3. The highest BCUT2D eigenvalue weighted by Gasteiger charge is 2.49. The molecule has 192 valence electrons. The lowest BCUT2D eigenvalue weighted by Crippen LogP contribution is -2.48. The molecule has 0 saturated carbocycles. The summed E-state index contributed by atoms with van der Waals surface area (Å²) < 4.78 is 42.3. The first-order chi connectivity index (χ1) is 18.2. The third-order valence-electron chi connectivity index (χ3n) is 5.59. The molecule has 3 aromatic carbocycles. The fourth-order valence-corrected chi connectivity index (χ4v) is 3.93. The molecule has 0 spiro atoms. The Labute approximate surface area is 215 Å². The van der Waals surface area contributed by atoms with Crippen molar-refractivity contribution in [3.05, 3.63) is 126 Å². The Morgan fingerprint density at radius 1 is 0.737 bits per heavy atom. The van der Waals surface area contributed by atoms with Crippen molar-refractivity contribution < 1.29 is 27.6 Å². The zero-order chi connectivity index (χ0) is 27.3. The molecule has 4 amide bonds. The molecule has 10 heteroatoms. The van der Waals surface area contributed by atoms with Crippen molar-refractivity contribution in [2.24, 2.45) is 5.73 Å². The molecule has 1 atom stereocenters. The molecule has 1 heterocycles. The van der Waals surface area contributed by atoms with Crippen molar-refractivity contribution in [2.75, 3.05) is 4.90 Å². The summed E-state index contributed by atoms with van der Waals surface area (Å²) in [5, 5.41) is 0. The molecular weight excluding hydrogens is 497 g/mol. The number of para-hydroxylation sites is 1. The largest absolute Gasteiger partial charge is 0.413 e. The zero-order valence-electron chi connectivity index (χ0n) is 19.7. The zero-order valence-corrected chi connectivity index (χ0v) is 19.7. The van der Waals surface area contributed by atoms with Crippen molar-refractivity contribution in [1.82, 2.24) is 9.88 Å². The average molecular weight is 518 g/mol. The number of carbonyl (C=O) groups is 3. The fraction of sp³-hybridized carbons (Fsp3) is 0.0714. The second-order valence-corrected chi connectivity index (χ2v) is 8.11. The number of hydrogen-bond donors (Lipinski definition) is 1. The Morgan fingerprint density at radius 3 is 1.87 bits per heavy atom. The number of primary amides is 1. The number of imide groups is 1. The van der Waals surface area contributed by atoms with E-state index in [1.807, 2.05) is 0 Å².